The van der Waals surface area contributed by atoms with E-state index in [0.29, 0.717) is 5.25 Å². The van der Waals surface area contributed by atoms with E-state index >= 15 is 0 Å². The first kappa shape index (κ1) is 15.8. The maximum absolute atomic E-state index is 9.43. The molecule has 16 heavy (non-hydrogen) atoms. The smallest absolute Gasteiger partial charge is 0.104 e. The molecule has 3 nitrogen and oxygen atoms in total. The van der Waals surface area contributed by atoms with Crippen molar-refractivity contribution < 1.29 is 5.11 Å². The molecule has 0 aliphatic heterocycles. The number of hydrogen-bond acceptors (Lipinski definition) is 4. The van der Waals surface area contributed by atoms with Crippen LogP contribution in [0.25, 0.3) is 0 Å². The predicted molar refractivity (Wildman–Crippen MR) is 70.5 cm³/mol. The Kier molecular flexibility index (Phi) is 7.05. The maximum Gasteiger partial charge on any atom is 0.104 e. The molecule has 4 heteroatoms. The van der Waals surface area contributed by atoms with E-state index < -0.39 is 5.54 Å². The summed E-state index contributed by atoms with van der Waals surface area (Å²) in [5.74, 6) is 0. The molecule has 0 heterocycles. The molecular weight excluding hydrogens is 220 g/mol. The SMILES string of the molecule is CCNC(C)(C#N)CC(C)SC(C)C(C)O. The zero-order valence-corrected chi connectivity index (χ0v) is 11.8. The van der Waals surface area contributed by atoms with Gasteiger partial charge in [-0.3, -0.25) is 5.32 Å². The highest BCUT2D eigenvalue weighted by Gasteiger charge is 2.26. The summed E-state index contributed by atoms with van der Waals surface area (Å²) in [7, 11) is 0. The highest BCUT2D eigenvalue weighted by molar-refractivity contribution is 8.00. The van der Waals surface area contributed by atoms with Gasteiger partial charge in [0, 0.05) is 10.5 Å². The van der Waals surface area contributed by atoms with Gasteiger partial charge in [-0.2, -0.15) is 17.0 Å². The minimum atomic E-state index is -0.459. The summed E-state index contributed by atoms with van der Waals surface area (Å²) < 4.78 is 0. The summed E-state index contributed by atoms with van der Waals surface area (Å²) in [5.41, 5.74) is -0.459. The third kappa shape index (κ3) is 5.74. The third-order valence-electron chi connectivity index (χ3n) is 2.64. The first-order valence-electron chi connectivity index (χ1n) is 5.84. The topological polar surface area (TPSA) is 56.0 Å². The van der Waals surface area contributed by atoms with Gasteiger partial charge in [0.25, 0.3) is 0 Å². The zero-order valence-electron chi connectivity index (χ0n) is 10.9. The van der Waals surface area contributed by atoms with Crippen molar-refractivity contribution in [3.8, 4) is 6.07 Å². The average molecular weight is 244 g/mol. The van der Waals surface area contributed by atoms with Gasteiger partial charge in [-0.1, -0.05) is 20.8 Å². The van der Waals surface area contributed by atoms with Crippen LogP contribution in [0.15, 0.2) is 0 Å². The van der Waals surface area contributed by atoms with Gasteiger partial charge in [0.2, 0.25) is 0 Å². The van der Waals surface area contributed by atoms with Crippen molar-refractivity contribution in [2.45, 2.75) is 63.2 Å². The van der Waals surface area contributed by atoms with Crippen LogP contribution in [0.3, 0.4) is 0 Å². The van der Waals surface area contributed by atoms with Crippen LogP contribution in [0.4, 0.5) is 0 Å². The monoisotopic (exact) mass is 244 g/mol. The Morgan fingerprint density at radius 2 is 2.00 bits per heavy atom. The molecule has 0 aromatic carbocycles. The molecule has 2 N–H and O–H groups in total. The lowest BCUT2D eigenvalue weighted by Crippen LogP contribution is -2.43. The highest BCUT2D eigenvalue weighted by atomic mass is 32.2. The Morgan fingerprint density at radius 1 is 1.44 bits per heavy atom. The number of nitrogens with one attached hydrogen (secondary N) is 1. The van der Waals surface area contributed by atoms with Gasteiger partial charge < -0.3 is 5.11 Å². The fraction of sp³-hybridized carbons (Fsp3) is 0.917. The van der Waals surface area contributed by atoms with Gasteiger partial charge in [0.15, 0.2) is 0 Å². The molecule has 0 saturated carbocycles. The summed E-state index contributed by atoms with van der Waals surface area (Å²) >= 11 is 1.73. The standard InChI is InChI=1S/C12H24N2OS/c1-6-14-12(5,8-13)7-9(2)16-11(4)10(3)15/h9-11,14-15H,6-7H2,1-5H3. The van der Waals surface area contributed by atoms with Crippen molar-refractivity contribution >= 4 is 11.8 Å². The second-order valence-corrected chi connectivity index (χ2v) is 6.39. The van der Waals surface area contributed by atoms with E-state index in [2.05, 4.69) is 18.3 Å². The van der Waals surface area contributed by atoms with Crippen LogP contribution in [0.1, 0.15) is 41.0 Å². The molecule has 0 amide bonds. The van der Waals surface area contributed by atoms with E-state index in [-0.39, 0.29) is 11.4 Å². The predicted octanol–water partition coefficient (Wildman–Crippen LogP) is 2.16. The van der Waals surface area contributed by atoms with Crippen LogP contribution in [-0.4, -0.2) is 33.8 Å². The van der Waals surface area contributed by atoms with Gasteiger partial charge in [-0.15, -0.1) is 0 Å². The molecule has 0 aromatic rings. The molecule has 0 aromatic heterocycles. The van der Waals surface area contributed by atoms with E-state index in [1.807, 2.05) is 20.8 Å². The number of nitrogens with zero attached hydrogens (tertiary/aromatic N) is 1. The number of nitriles is 1. The minimum Gasteiger partial charge on any atom is -0.392 e. The van der Waals surface area contributed by atoms with Crippen molar-refractivity contribution in [3.05, 3.63) is 0 Å². The third-order valence-corrected chi connectivity index (χ3v) is 4.09. The van der Waals surface area contributed by atoms with Gasteiger partial charge in [0.05, 0.1) is 12.2 Å². The van der Waals surface area contributed by atoms with Crippen molar-refractivity contribution in [1.29, 1.82) is 5.26 Å². The summed E-state index contributed by atoms with van der Waals surface area (Å²) in [6.45, 7) is 10.7. The molecule has 0 fully saturated rings. The first-order chi connectivity index (χ1) is 7.34. The number of rotatable bonds is 7. The maximum atomic E-state index is 9.43. The normalized spacial score (nSPS) is 20.6. The number of thioether (sulfide) groups is 1. The Morgan fingerprint density at radius 3 is 2.38 bits per heavy atom. The van der Waals surface area contributed by atoms with Gasteiger partial charge in [-0.05, 0) is 26.8 Å². The summed E-state index contributed by atoms with van der Waals surface area (Å²) in [6.07, 6.45) is 0.485. The lowest BCUT2D eigenvalue weighted by Gasteiger charge is -2.27. The second-order valence-electron chi connectivity index (χ2n) is 4.57. The molecule has 0 spiro atoms. The quantitative estimate of drug-likeness (QED) is 0.720. The fourth-order valence-corrected chi connectivity index (χ4v) is 3.04. The van der Waals surface area contributed by atoms with Crippen molar-refractivity contribution in [2.75, 3.05) is 6.54 Å². The summed E-state index contributed by atoms with van der Waals surface area (Å²) in [4.78, 5) is 0. The number of aliphatic hydroxyl groups is 1. The van der Waals surface area contributed by atoms with Crippen LogP contribution in [0.5, 0.6) is 0 Å². The van der Waals surface area contributed by atoms with E-state index in [4.69, 9.17) is 5.26 Å². The number of hydrogen-bond donors (Lipinski definition) is 2. The summed E-state index contributed by atoms with van der Waals surface area (Å²) in [5, 5.41) is 22.3. The van der Waals surface area contributed by atoms with E-state index in [1.165, 1.54) is 0 Å². The molecule has 0 rings (SSSR count). The molecule has 4 atom stereocenters. The molecule has 0 radical (unpaired) electrons. The Hall–Kier alpha value is -0.240. The molecular formula is C12H24N2OS. The largest absolute Gasteiger partial charge is 0.392 e. The molecule has 0 saturated heterocycles. The molecule has 94 valence electrons. The fourth-order valence-electron chi connectivity index (χ4n) is 1.65. The Labute approximate surface area is 104 Å². The van der Waals surface area contributed by atoms with Crippen LogP contribution in [-0.2, 0) is 0 Å². The van der Waals surface area contributed by atoms with Crippen LogP contribution < -0.4 is 5.32 Å². The lowest BCUT2D eigenvalue weighted by atomic mass is 9.98. The minimum absolute atomic E-state index is 0.208. The molecule has 0 aliphatic carbocycles. The number of aliphatic hydroxyl groups excluding tert-OH is 1. The Balaban J connectivity index is 4.22. The van der Waals surface area contributed by atoms with Crippen molar-refractivity contribution in [1.82, 2.24) is 5.32 Å². The Bertz CT molecular complexity index is 240. The van der Waals surface area contributed by atoms with Gasteiger partial charge in [-0.25, -0.2) is 0 Å². The van der Waals surface area contributed by atoms with Crippen molar-refractivity contribution in [2.24, 2.45) is 0 Å². The van der Waals surface area contributed by atoms with Gasteiger partial charge in [0.1, 0.15) is 5.54 Å². The summed E-state index contributed by atoms with van der Waals surface area (Å²) in [6, 6.07) is 2.33. The van der Waals surface area contributed by atoms with Crippen molar-refractivity contribution in [3.63, 3.8) is 0 Å². The van der Waals surface area contributed by atoms with Crippen LogP contribution >= 0.6 is 11.8 Å². The van der Waals surface area contributed by atoms with Crippen LogP contribution in [0, 0.1) is 11.3 Å². The van der Waals surface area contributed by atoms with E-state index in [9.17, 15) is 5.11 Å². The van der Waals surface area contributed by atoms with Crippen LogP contribution in [0.2, 0.25) is 0 Å². The van der Waals surface area contributed by atoms with Gasteiger partial charge >= 0.3 is 0 Å². The second kappa shape index (κ2) is 7.16. The zero-order chi connectivity index (χ0) is 12.8. The average Bonchev–Trinajstić information content (AvgIpc) is 2.17. The highest BCUT2D eigenvalue weighted by Crippen LogP contribution is 2.26. The molecule has 4 unspecified atom stereocenters. The molecule has 0 bridgehead atoms. The van der Waals surface area contributed by atoms with E-state index in [0.717, 1.165) is 13.0 Å². The first-order valence-corrected chi connectivity index (χ1v) is 6.78. The lowest BCUT2D eigenvalue weighted by molar-refractivity contribution is 0.196. The van der Waals surface area contributed by atoms with E-state index in [1.54, 1.807) is 18.7 Å². The molecule has 0 aliphatic rings.